The summed E-state index contributed by atoms with van der Waals surface area (Å²) in [6, 6.07) is 4.59. The number of rotatable bonds is 10. The van der Waals surface area contributed by atoms with Crippen LogP contribution in [-0.4, -0.2) is 39.1 Å². The lowest BCUT2D eigenvalue weighted by atomic mass is 10.2. The Morgan fingerprint density at radius 3 is 2.72 bits per heavy atom. The highest BCUT2D eigenvalue weighted by Crippen LogP contribution is 2.32. The van der Waals surface area contributed by atoms with Gasteiger partial charge in [-0.25, -0.2) is 18.1 Å². The first-order valence-corrected chi connectivity index (χ1v) is 11.9. The molecule has 29 heavy (non-hydrogen) atoms. The number of ether oxygens (including phenoxy) is 2. The van der Waals surface area contributed by atoms with Gasteiger partial charge in [-0.05, 0) is 31.9 Å². The molecule has 1 aromatic heterocycles. The molecular weight excluding hydrogens is 414 g/mol. The smallest absolute Gasteiger partial charge is 0.240 e. The normalized spacial score (nSPS) is 13.3. The molecule has 0 saturated heterocycles. The van der Waals surface area contributed by atoms with Crippen molar-refractivity contribution >= 4 is 27.3 Å². The van der Waals surface area contributed by atoms with Gasteiger partial charge in [0.25, 0.3) is 0 Å². The number of carbonyl (C=O) groups is 1. The van der Waals surface area contributed by atoms with E-state index in [9.17, 15) is 13.2 Å². The van der Waals surface area contributed by atoms with E-state index < -0.39 is 10.0 Å². The number of amides is 1. The molecule has 0 radical (unpaired) electrons. The standard InChI is InChI=1S/C19H25N3O5S2/c1-14-13-28-19(22-14)12-20-18(23)5-3-2-4-8-21-29(24,25)15-6-7-16-17(11-15)27-10-9-26-16/h6-7,11,13,21H,2-5,8-10,12H2,1H3,(H,20,23). The third kappa shape index (κ3) is 6.41. The Labute approximate surface area is 174 Å². The summed E-state index contributed by atoms with van der Waals surface area (Å²) in [7, 11) is -3.61. The van der Waals surface area contributed by atoms with Crippen LogP contribution in [0.5, 0.6) is 11.5 Å². The average Bonchev–Trinajstić information content (AvgIpc) is 3.14. The Hall–Kier alpha value is -2.17. The van der Waals surface area contributed by atoms with Crippen LogP contribution >= 0.6 is 11.3 Å². The number of sulfonamides is 1. The number of nitrogens with one attached hydrogen (secondary N) is 2. The van der Waals surface area contributed by atoms with Crippen molar-refractivity contribution in [3.8, 4) is 11.5 Å². The zero-order chi connectivity index (χ0) is 20.7. The van der Waals surface area contributed by atoms with Crippen LogP contribution in [0.4, 0.5) is 0 Å². The molecular formula is C19H25N3O5S2. The largest absolute Gasteiger partial charge is 0.486 e. The van der Waals surface area contributed by atoms with Gasteiger partial charge in [-0.3, -0.25) is 4.79 Å². The first kappa shape index (κ1) is 21.5. The van der Waals surface area contributed by atoms with E-state index in [1.807, 2.05) is 12.3 Å². The average molecular weight is 440 g/mol. The van der Waals surface area contributed by atoms with E-state index in [4.69, 9.17) is 9.47 Å². The molecule has 2 heterocycles. The summed E-state index contributed by atoms with van der Waals surface area (Å²) in [5.74, 6) is 0.978. The van der Waals surface area contributed by atoms with Crippen molar-refractivity contribution in [1.82, 2.24) is 15.0 Å². The van der Waals surface area contributed by atoms with Gasteiger partial charge < -0.3 is 14.8 Å². The van der Waals surface area contributed by atoms with Crippen LogP contribution < -0.4 is 19.5 Å². The van der Waals surface area contributed by atoms with E-state index in [2.05, 4.69) is 15.0 Å². The lowest BCUT2D eigenvalue weighted by Gasteiger charge is -2.18. The van der Waals surface area contributed by atoms with Gasteiger partial charge in [-0.15, -0.1) is 11.3 Å². The number of aromatic nitrogens is 1. The molecule has 158 valence electrons. The summed E-state index contributed by atoms with van der Waals surface area (Å²) in [5.41, 5.74) is 0.956. The third-order valence-electron chi connectivity index (χ3n) is 4.30. The molecule has 0 bridgehead atoms. The maximum atomic E-state index is 12.4. The Balaban J connectivity index is 1.33. The SMILES string of the molecule is Cc1csc(CNC(=O)CCCCCNS(=O)(=O)c2ccc3c(c2)OCCO3)n1. The fourth-order valence-corrected chi connectivity index (χ4v) is 4.62. The van der Waals surface area contributed by atoms with E-state index in [-0.39, 0.29) is 10.8 Å². The minimum absolute atomic E-state index is 0.0188. The Morgan fingerprint density at radius 2 is 1.97 bits per heavy atom. The van der Waals surface area contributed by atoms with Crippen LogP contribution in [0.1, 0.15) is 36.4 Å². The molecule has 0 fully saturated rings. The van der Waals surface area contributed by atoms with Crippen molar-refractivity contribution in [2.24, 2.45) is 0 Å². The summed E-state index contributed by atoms with van der Waals surface area (Å²) < 4.78 is 38.2. The second-order valence-corrected chi connectivity index (χ2v) is 9.38. The van der Waals surface area contributed by atoms with Gasteiger partial charge in [0.2, 0.25) is 15.9 Å². The molecule has 0 atom stereocenters. The number of hydrogen-bond acceptors (Lipinski definition) is 7. The number of fused-ring (bicyclic) bond motifs is 1. The predicted molar refractivity (Wildman–Crippen MR) is 110 cm³/mol. The molecule has 1 aromatic carbocycles. The van der Waals surface area contributed by atoms with Crippen LogP contribution in [-0.2, 0) is 21.4 Å². The van der Waals surface area contributed by atoms with E-state index in [1.54, 1.807) is 6.07 Å². The van der Waals surface area contributed by atoms with Gasteiger partial charge in [0.05, 0.1) is 11.4 Å². The molecule has 1 amide bonds. The molecule has 1 aliphatic heterocycles. The molecule has 0 unspecified atom stereocenters. The van der Waals surface area contributed by atoms with Crippen LogP contribution in [0.2, 0.25) is 0 Å². The van der Waals surface area contributed by atoms with Crippen molar-refractivity contribution in [2.45, 2.75) is 44.0 Å². The first-order valence-electron chi connectivity index (χ1n) is 9.51. The highest BCUT2D eigenvalue weighted by atomic mass is 32.2. The fourth-order valence-electron chi connectivity index (χ4n) is 2.81. The molecule has 1 aliphatic rings. The van der Waals surface area contributed by atoms with E-state index in [0.717, 1.165) is 17.1 Å². The molecule has 3 rings (SSSR count). The molecule has 0 saturated carbocycles. The third-order valence-corrected chi connectivity index (χ3v) is 6.73. The quantitative estimate of drug-likeness (QED) is 0.551. The maximum absolute atomic E-state index is 12.4. The van der Waals surface area contributed by atoms with Crippen LogP contribution in [0, 0.1) is 6.92 Å². The Kier molecular flexibility index (Phi) is 7.45. The number of hydrogen-bond donors (Lipinski definition) is 2. The predicted octanol–water partition coefficient (Wildman–Crippen LogP) is 2.38. The van der Waals surface area contributed by atoms with Gasteiger partial charge in [-0.2, -0.15) is 0 Å². The number of thiazole rings is 1. The summed E-state index contributed by atoms with van der Waals surface area (Å²) in [5, 5.41) is 5.69. The van der Waals surface area contributed by atoms with Crippen LogP contribution in [0.3, 0.4) is 0 Å². The van der Waals surface area contributed by atoms with E-state index in [0.29, 0.717) is 57.1 Å². The monoisotopic (exact) mass is 439 g/mol. The minimum atomic E-state index is -3.61. The first-order chi connectivity index (χ1) is 13.9. The zero-order valence-electron chi connectivity index (χ0n) is 16.3. The van der Waals surface area contributed by atoms with Gasteiger partial charge in [0, 0.05) is 30.1 Å². The zero-order valence-corrected chi connectivity index (χ0v) is 17.9. The van der Waals surface area contributed by atoms with Crippen molar-refractivity contribution in [2.75, 3.05) is 19.8 Å². The highest BCUT2D eigenvalue weighted by molar-refractivity contribution is 7.89. The topological polar surface area (TPSA) is 107 Å². The molecule has 0 aliphatic carbocycles. The number of unbranched alkanes of at least 4 members (excludes halogenated alkanes) is 2. The second-order valence-electron chi connectivity index (χ2n) is 6.67. The number of aryl methyl sites for hydroxylation is 1. The van der Waals surface area contributed by atoms with Crippen molar-refractivity contribution in [3.05, 3.63) is 34.3 Å². The lowest BCUT2D eigenvalue weighted by Crippen LogP contribution is -2.25. The van der Waals surface area contributed by atoms with Gasteiger partial charge in [0.15, 0.2) is 11.5 Å². The summed E-state index contributed by atoms with van der Waals surface area (Å²) in [4.78, 5) is 16.3. The van der Waals surface area contributed by atoms with Gasteiger partial charge in [-0.1, -0.05) is 6.42 Å². The number of carbonyl (C=O) groups excluding carboxylic acids is 1. The van der Waals surface area contributed by atoms with E-state index in [1.165, 1.54) is 23.5 Å². The summed E-state index contributed by atoms with van der Waals surface area (Å²) >= 11 is 1.53. The van der Waals surface area contributed by atoms with Gasteiger partial charge in [0.1, 0.15) is 18.2 Å². The fraction of sp³-hybridized carbons (Fsp3) is 0.474. The molecule has 2 aromatic rings. The van der Waals surface area contributed by atoms with Crippen molar-refractivity contribution < 1.29 is 22.7 Å². The van der Waals surface area contributed by atoms with E-state index >= 15 is 0 Å². The van der Waals surface area contributed by atoms with Crippen LogP contribution in [0.25, 0.3) is 0 Å². The van der Waals surface area contributed by atoms with Crippen molar-refractivity contribution in [3.63, 3.8) is 0 Å². The Bertz CT molecular complexity index is 943. The number of nitrogens with zero attached hydrogens (tertiary/aromatic N) is 1. The van der Waals surface area contributed by atoms with Crippen molar-refractivity contribution in [1.29, 1.82) is 0 Å². The highest BCUT2D eigenvalue weighted by Gasteiger charge is 2.18. The lowest BCUT2D eigenvalue weighted by molar-refractivity contribution is -0.121. The molecule has 2 N–H and O–H groups in total. The number of benzene rings is 1. The molecule has 0 spiro atoms. The second kappa shape index (κ2) is 10.0. The molecule has 8 nitrogen and oxygen atoms in total. The summed E-state index contributed by atoms with van der Waals surface area (Å²) in [6.45, 7) is 3.55. The summed E-state index contributed by atoms with van der Waals surface area (Å²) in [6.07, 6.45) is 2.53. The van der Waals surface area contributed by atoms with Gasteiger partial charge >= 0.3 is 0 Å². The maximum Gasteiger partial charge on any atom is 0.240 e. The Morgan fingerprint density at radius 1 is 1.17 bits per heavy atom. The minimum Gasteiger partial charge on any atom is -0.486 e. The molecule has 10 heteroatoms. The van der Waals surface area contributed by atoms with Crippen LogP contribution in [0.15, 0.2) is 28.5 Å².